The van der Waals surface area contributed by atoms with Crippen LogP contribution in [0.1, 0.15) is 48.9 Å². The van der Waals surface area contributed by atoms with Gasteiger partial charge in [-0.15, -0.1) is 11.3 Å². The molecule has 0 spiro atoms. The summed E-state index contributed by atoms with van der Waals surface area (Å²) in [5.74, 6) is 0.155. The molecule has 0 saturated carbocycles. The third-order valence-electron chi connectivity index (χ3n) is 3.69. The molecule has 0 aliphatic heterocycles. The first-order valence-corrected chi connectivity index (χ1v) is 7.94. The highest BCUT2D eigenvalue weighted by Gasteiger charge is 2.21. The molecule has 2 aromatic rings. The van der Waals surface area contributed by atoms with Crippen molar-refractivity contribution in [1.82, 2.24) is 4.98 Å². The first-order valence-electron chi connectivity index (χ1n) is 7.12. The number of aromatic nitrogens is 1. The summed E-state index contributed by atoms with van der Waals surface area (Å²) in [5.41, 5.74) is 7.53. The van der Waals surface area contributed by atoms with Gasteiger partial charge in [-0.3, -0.25) is 0 Å². The lowest BCUT2D eigenvalue weighted by Gasteiger charge is -2.25. The van der Waals surface area contributed by atoms with Gasteiger partial charge < -0.3 is 10.6 Å². The quantitative estimate of drug-likeness (QED) is 0.905. The molecule has 21 heavy (non-hydrogen) atoms. The van der Waals surface area contributed by atoms with Crippen molar-refractivity contribution < 1.29 is 4.39 Å². The van der Waals surface area contributed by atoms with Crippen molar-refractivity contribution in [2.75, 3.05) is 11.9 Å². The van der Waals surface area contributed by atoms with Gasteiger partial charge in [0.05, 0.1) is 11.7 Å². The van der Waals surface area contributed by atoms with Gasteiger partial charge >= 0.3 is 0 Å². The number of rotatable bonds is 5. The third kappa shape index (κ3) is 3.24. The molecule has 2 rings (SSSR count). The number of hydrogen-bond acceptors (Lipinski definition) is 4. The van der Waals surface area contributed by atoms with Crippen LogP contribution in [0.4, 0.5) is 9.52 Å². The molecule has 0 aliphatic carbocycles. The molecule has 0 amide bonds. The van der Waals surface area contributed by atoms with Gasteiger partial charge in [-0.25, -0.2) is 9.37 Å². The highest BCUT2D eigenvalue weighted by Crippen LogP contribution is 2.34. The fraction of sp³-hybridized carbons (Fsp3) is 0.438. The van der Waals surface area contributed by atoms with Gasteiger partial charge in [-0.2, -0.15) is 0 Å². The van der Waals surface area contributed by atoms with Crippen LogP contribution in [0, 0.1) is 5.82 Å². The highest BCUT2D eigenvalue weighted by molar-refractivity contribution is 7.15. The molecule has 1 heterocycles. The minimum absolute atomic E-state index is 0.0806. The van der Waals surface area contributed by atoms with E-state index in [4.69, 9.17) is 10.7 Å². The zero-order valence-corrected chi connectivity index (χ0v) is 13.7. The number of thiazole rings is 1. The fourth-order valence-electron chi connectivity index (χ4n) is 2.29. The smallest absolute Gasteiger partial charge is 0.186 e. The molecule has 1 aromatic carbocycles. The minimum Gasteiger partial charge on any atom is -0.344 e. The van der Waals surface area contributed by atoms with Crippen LogP contribution < -0.4 is 10.6 Å². The average molecular weight is 307 g/mol. The topological polar surface area (TPSA) is 42.2 Å². The second-order valence-electron chi connectivity index (χ2n) is 5.47. The predicted octanol–water partition coefficient (Wildman–Crippen LogP) is 4.06. The van der Waals surface area contributed by atoms with Crippen molar-refractivity contribution in [3.05, 3.63) is 46.2 Å². The lowest BCUT2D eigenvalue weighted by atomic mass is 10.1. The fourth-order valence-corrected chi connectivity index (χ4v) is 3.42. The number of halogens is 1. The van der Waals surface area contributed by atoms with E-state index in [9.17, 15) is 4.39 Å². The summed E-state index contributed by atoms with van der Waals surface area (Å²) in [6.07, 6.45) is 0. The molecule has 0 radical (unpaired) electrons. The van der Waals surface area contributed by atoms with Crippen LogP contribution in [0.2, 0.25) is 0 Å². The summed E-state index contributed by atoms with van der Waals surface area (Å²) in [4.78, 5) is 7.81. The Hall–Kier alpha value is -1.46. The molecule has 114 valence electrons. The van der Waals surface area contributed by atoms with E-state index in [2.05, 4.69) is 13.8 Å². The minimum atomic E-state index is -0.184. The summed E-state index contributed by atoms with van der Waals surface area (Å²) in [6.45, 7) is 6.70. The third-order valence-corrected chi connectivity index (χ3v) is 4.87. The summed E-state index contributed by atoms with van der Waals surface area (Å²) in [7, 11) is 1.94. The van der Waals surface area contributed by atoms with Gasteiger partial charge in [0.1, 0.15) is 5.82 Å². The molecule has 5 heteroatoms. The normalized spacial score (nSPS) is 12.7. The van der Waals surface area contributed by atoms with E-state index in [0.29, 0.717) is 18.0 Å². The van der Waals surface area contributed by atoms with Gasteiger partial charge in [-0.05, 0) is 18.9 Å². The van der Waals surface area contributed by atoms with Crippen molar-refractivity contribution in [2.24, 2.45) is 5.73 Å². The Kier molecular flexibility index (Phi) is 4.96. The molecule has 1 atom stereocenters. The zero-order chi connectivity index (χ0) is 15.6. The van der Waals surface area contributed by atoms with E-state index >= 15 is 0 Å². The molecule has 1 aromatic heterocycles. The lowest BCUT2D eigenvalue weighted by Crippen LogP contribution is -2.22. The van der Waals surface area contributed by atoms with E-state index < -0.39 is 0 Å². The molecule has 3 nitrogen and oxygen atoms in total. The van der Waals surface area contributed by atoms with E-state index in [0.717, 1.165) is 15.7 Å². The Morgan fingerprint density at radius 2 is 1.95 bits per heavy atom. The summed E-state index contributed by atoms with van der Waals surface area (Å²) >= 11 is 1.59. The largest absolute Gasteiger partial charge is 0.344 e. The summed E-state index contributed by atoms with van der Waals surface area (Å²) < 4.78 is 13.9. The number of anilines is 1. The maximum atomic E-state index is 13.9. The first-order chi connectivity index (χ1) is 9.95. The monoisotopic (exact) mass is 307 g/mol. The van der Waals surface area contributed by atoms with Crippen LogP contribution in [0.3, 0.4) is 0 Å². The number of nitrogens with zero attached hydrogens (tertiary/aromatic N) is 2. The van der Waals surface area contributed by atoms with Crippen molar-refractivity contribution >= 4 is 16.5 Å². The molecule has 2 N–H and O–H groups in total. The highest BCUT2D eigenvalue weighted by atomic mass is 32.1. The Labute approximate surface area is 129 Å². The molecular weight excluding hydrogens is 285 g/mol. The maximum Gasteiger partial charge on any atom is 0.186 e. The predicted molar refractivity (Wildman–Crippen MR) is 87.3 cm³/mol. The molecule has 0 saturated heterocycles. The van der Waals surface area contributed by atoms with Crippen molar-refractivity contribution in [1.29, 1.82) is 0 Å². The molecular formula is C16H22FN3S. The molecule has 0 bridgehead atoms. The van der Waals surface area contributed by atoms with E-state index in [1.807, 2.05) is 31.0 Å². The number of hydrogen-bond donors (Lipinski definition) is 1. The standard InChI is InChI=1S/C16H22FN3S/c1-10(2)15-14(9-18)21-16(19-15)20(4)11(3)12-7-5-6-8-13(12)17/h5-8,10-11H,9,18H2,1-4H3. The number of nitrogens with two attached hydrogens (primary N) is 1. The molecule has 0 aliphatic rings. The Bertz CT molecular complexity index is 609. The summed E-state index contributed by atoms with van der Waals surface area (Å²) in [6, 6.07) is 6.79. The van der Waals surface area contributed by atoms with E-state index in [-0.39, 0.29) is 11.9 Å². The van der Waals surface area contributed by atoms with E-state index in [1.165, 1.54) is 6.07 Å². The van der Waals surface area contributed by atoms with Crippen LogP contribution >= 0.6 is 11.3 Å². The van der Waals surface area contributed by atoms with Crippen molar-refractivity contribution in [3.63, 3.8) is 0 Å². The van der Waals surface area contributed by atoms with Crippen molar-refractivity contribution in [3.8, 4) is 0 Å². The van der Waals surface area contributed by atoms with Crippen LogP contribution in [0.25, 0.3) is 0 Å². The second-order valence-corrected chi connectivity index (χ2v) is 6.53. The van der Waals surface area contributed by atoms with Gasteiger partial charge in [0.25, 0.3) is 0 Å². The van der Waals surface area contributed by atoms with Gasteiger partial charge in [-0.1, -0.05) is 32.0 Å². The van der Waals surface area contributed by atoms with Crippen LogP contribution in [0.5, 0.6) is 0 Å². The SMILES string of the molecule is CC(C)c1nc(N(C)C(C)c2ccccc2F)sc1CN. The molecule has 1 unspecified atom stereocenters. The Balaban J connectivity index is 2.31. The first kappa shape index (κ1) is 15.9. The van der Waals surface area contributed by atoms with Gasteiger partial charge in [0.2, 0.25) is 0 Å². The maximum absolute atomic E-state index is 13.9. The van der Waals surface area contributed by atoms with Crippen LogP contribution in [-0.2, 0) is 6.54 Å². The van der Waals surface area contributed by atoms with Gasteiger partial charge in [0, 0.05) is 24.0 Å². The average Bonchev–Trinajstić information content (AvgIpc) is 2.90. The summed E-state index contributed by atoms with van der Waals surface area (Å²) in [5, 5.41) is 0.884. The number of benzene rings is 1. The van der Waals surface area contributed by atoms with Crippen LogP contribution in [0.15, 0.2) is 24.3 Å². The van der Waals surface area contributed by atoms with E-state index in [1.54, 1.807) is 17.4 Å². The van der Waals surface area contributed by atoms with Crippen molar-refractivity contribution in [2.45, 2.75) is 39.3 Å². The molecule has 0 fully saturated rings. The van der Waals surface area contributed by atoms with Crippen LogP contribution in [-0.4, -0.2) is 12.0 Å². The Morgan fingerprint density at radius 3 is 2.48 bits per heavy atom. The zero-order valence-electron chi connectivity index (χ0n) is 12.9. The van der Waals surface area contributed by atoms with Gasteiger partial charge in [0.15, 0.2) is 5.13 Å². The second kappa shape index (κ2) is 6.54. The Morgan fingerprint density at radius 1 is 1.29 bits per heavy atom. The lowest BCUT2D eigenvalue weighted by molar-refractivity contribution is 0.585.